The average molecular weight is 1300 g/mol. The maximum atomic E-state index is 13.7. The number of amides is 1. The number of carbonyl (C=O) groups excluding carboxylic acids is 2. The number of esters is 1. The maximum Gasteiger partial charge on any atom is 0.306 e. The molecule has 0 aliphatic carbocycles. The number of carbonyl (C=O) groups is 2. The molecule has 0 aliphatic rings. The highest BCUT2D eigenvalue weighted by Crippen LogP contribution is 2.38. The number of hydrogen-bond acceptors (Lipinski definition) is 7. The Bertz CT molecular complexity index is 1600. The molecule has 0 aromatic carbocycles. The van der Waals surface area contributed by atoms with Crippen LogP contribution in [0.5, 0.6) is 0 Å². The molecule has 1 amide bonds. The molecule has 1 N–H and O–H groups in total. The van der Waals surface area contributed by atoms with E-state index in [1.165, 1.54) is 340 Å². The van der Waals surface area contributed by atoms with Crippen LogP contribution in [0.1, 0.15) is 432 Å². The molecule has 9 nitrogen and oxygen atoms in total. The van der Waals surface area contributed by atoms with Crippen LogP contribution in [0.25, 0.3) is 0 Å². The summed E-state index contributed by atoms with van der Waals surface area (Å²) in [5.74, 6) is -0.511. The highest BCUT2D eigenvalue weighted by Gasteiger charge is 2.27. The summed E-state index contributed by atoms with van der Waals surface area (Å²) in [4.78, 5) is 40.4. The van der Waals surface area contributed by atoms with E-state index in [4.69, 9.17) is 13.8 Å². The number of phosphoric ester groups is 1. The predicted octanol–water partition coefficient (Wildman–Crippen LogP) is 25.7. The second kappa shape index (κ2) is 71.3. The van der Waals surface area contributed by atoms with Crippen LogP contribution in [0, 0.1) is 0 Å². The van der Waals surface area contributed by atoms with Crippen molar-refractivity contribution in [2.75, 3.05) is 40.9 Å². The molecular formula is C81H159N2O7P. The van der Waals surface area contributed by atoms with Crippen LogP contribution >= 0.6 is 7.82 Å². The average Bonchev–Trinajstić information content (AvgIpc) is 3.73. The Kier molecular flexibility index (Phi) is 70.1. The van der Waals surface area contributed by atoms with E-state index in [0.717, 1.165) is 57.8 Å². The lowest BCUT2D eigenvalue weighted by Gasteiger charge is -2.30. The molecule has 0 radical (unpaired) electrons. The number of unbranched alkanes of at least 4 members (excludes halogenated alkanes) is 58. The van der Waals surface area contributed by atoms with Crippen molar-refractivity contribution in [1.82, 2.24) is 5.32 Å². The molecular weight excluding hydrogens is 1140 g/mol. The van der Waals surface area contributed by atoms with Crippen LogP contribution < -0.4 is 10.2 Å². The largest absolute Gasteiger partial charge is 0.756 e. The maximum absolute atomic E-state index is 13.7. The minimum atomic E-state index is -4.70. The van der Waals surface area contributed by atoms with E-state index in [2.05, 4.69) is 38.2 Å². The van der Waals surface area contributed by atoms with Gasteiger partial charge >= 0.3 is 5.97 Å². The van der Waals surface area contributed by atoms with Crippen molar-refractivity contribution in [2.24, 2.45) is 0 Å². The zero-order valence-corrected chi connectivity index (χ0v) is 63.0. The van der Waals surface area contributed by atoms with Gasteiger partial charge in [-0.05, 0) is 57.4 Å². The summed E-state index contributed by atoms with van der Waals surface area (Å²) in [5, 5.41) is 3.06. The molecule has 0 heterocycles. The number of likely N-dealkylation sites (N-methyl/N-ethyl adjacent to an activating group) is 1. The highest BCUT2D eigenvalue weighted by atomic mass is 31.2. The molecule has 540 valence electrons. The van der Waals surface area contributed by atoms with Gasteiger partial charge in [0, 0.05) is 12.8 Å². The van der Waals surface area contributed by atoms with Crippen molar-refractivity contribution in [3.05, 3.63) is 24.3 Å². The molecule has 0 saturated carbocycles. The van der Waals surface area contributed by atoms with Crippen LogP contribution in [0.2, 0.25) is 0 Å². The molecule has 0 aromatic heterocycles. The Balaban J connectivity index is 4.90. The zero-order chi connectivity index (χ0) is 66.3. The van der Waals surface area contributed by atoms with E-state index in [0.29, 0.717) is 17.4 Å². The van der Waals surface area contributed by atoms with Crippen molar-refractivity contribution in [1.29, 1.82) is 0 Å². The van der Waals surface area contributed by atoms with Gasteiger partial charge in [-0.15, -0.1) is 0 Å². The summed E-state index contributed by atoms with van der Waals surface area (Å²) in [6.07, 6.45) is 89.0. The fraction of sp³-hybridized carbons (Fsp3) is 0.926. The fourth-order valence-electron chi connectivity index (χ4n) is 12.6. The number of hydrogen-bond donors (Lipinski definition) is 1. The third-order valence-corrected chi connectivity index (χ3v) is 19.8. The van der Waals surface area contributed by atoms with Crippen molar-refractivity contribution < 1.29 is 37.3 Å². The number of nitrogens with one attached hydrogen (secondary N) is 1. The lowest BCUT2D eigenvalue weighted by molar-refractivity contribution is -0.870. The second-order valence-electron chi connectivity index (χ2n) is 29.3. The first-order chi connectivity index (χ1) is 44.4. The summed E-state index contributed by atoms with van der Waals surface area (Å²) in [6.45, 7) is 6.93. The van der Waals surface area contributed by atoms with Gasteiger partial charge in [0.05, 0.1) is 33.8 Å². The topological polar surface area (TPSA) is 114 Å². The van der Waals surface area contributed by atoms with Crippen LogP contribution in [0.15, 0.2) is 24.3 Å². The molecule has 0 aliphatic heterocycles. The van der Waals surface area contributed by atoms with E-state index in [9.17, 15) is 19.0 Å². The summed E-state index contributed by atoms with van der Waals surface area (Å²) >= 11 is 0. The molecule has 3 atom stereocenters. The van der Waals surface area contributed by atoms with Crippen LogP contribution in [-0.2, 0) is 27.9 Å². The predicted molar refractivity (Wildman–Crippen MR) is 395 cm³/mol. The van der Waals surface area contributed by atoms with Gasteiger partial charge in [-0.1, -0.05) is 386 Å². The minimum absolute atomic E-state index is 0.0175. The molecule has 10 heteroatoms. The lowest BCUT2D eigenvalue weighted by Crippen LogP contribution is -2.47. The number of quaternary nitrogens is 1. The number of allylic oxidation sites excluding steroid dienone is 3. The molecule has 0 rings (SSSR count). The van der Waals surface area contributed by atoms with Crippen molar-refractivity contribution in [2.45, 2.75) is 444 Å². The third-order valence-electron chi connectivity index (χ3n) is 18.9. The SMILES string of the molecule is CCCCCCCC/C=C/CCCCCCCCCCCCCCCCCC(=O)NC(COP(=O)([O-])OCC[N+](C)(C)C)C(/C=C/CCCCCCCCCCCCC)OC(=O)CCCCCCCCCCCCCCCCCCCCCCCCCCCCC. The van der Waals surface area contributed by atoms with Gasteiger partial charge < -0.3 is 28.5 Å². The Morgan fingerprint density at radius 3 is 0.934 bits per heavy atom. The van der Waals surface area contributed by atoms with Crippen LogP contribution in [-0.4, -0.2) is 69.4 Å². The quantitative estimate of drug-likeness (QED) is 0.0212. The Morgan fingerprint density at radius 1 is 0.374 bits per heavy atom. The molecule has 91 heavy (non-hydrogen) atoms. The number of phosphoric acid groups is 1. The summed E-state index contributed by atoms with van der Waals surface area (Å²) in [6, 6.07) is -0.884. The monoisotopic (exact) mass is 1300 g/mol. The third kappa shape index (κ3) is 72.6. The van der Waals surface area contributed by atoms with Gasteiger partial charge in [0.2, 0.25) is 5.91 Å². The van der Waals surface area contributed by atoms with Crippen LogP contribution in [0.3, 0.4) is 0 Å². The first kappa shape index (κ1) is 89.5. The zero-order valence-electron chi connectivity index (χ0n) is 62.1. The molecule has 0 saturated heterocycles. The lowest BCUT2D eigenvalue weighted by atomic mass is 10.0. The first-order valence-corrected chi connectivity index (χ1v) is 42.1. The van der Waals surface area contributed by atoms with Crippen molar-refractivity contribution >= 4 is 19.7 Å². The molecule has 0 fully saturated rings. The normalized spacial score (nSPS) is 13.4. The second-order valence-corrected chi connectivity index (χ2v) is 30.7. The Morgan fingerprint density at radius 2 is 0.637 bits per heavy atom. The van der Waals surface area contributed by atoms with Crippen molar-refractivity contribution in [3.8, 4) is 0 Å². The minimum Gasteiger partial charge on any atom is -0.756 e. The highest BCUT2D eigenvalue weighted by molar-refractivity contribution is 7.45. The number of rotatable bonds is 76. The summed E-state index contributed by atoms with van der Waals surface area (Å²) < 4.78 is 30.6. The summed E-state index contributed by atoms with van der Waals surface area (Å²) in [5.41, 5.74) is 0. The van der Waals surface area contributed by atoms with Gasteiger partial charge in [0.25, 0.3) is 7.82 Å². The van der Waals surface area contributed by atoms with Gasteiger partial charge in [-0.25, -0.2) is 0 Å². The van der Waals surface area contributed by atoms with E-state index in [-0.39, 0.29) is 31.5 Å². The van der Waals surface area contributed by atoms with Gasteiger partial charge in [-0.3, -0.25) is 14.2 Å². The van der Waals surface area contributed by atoms with Gasteiger partial charge in [0.15, 0.2) is 0 Å². The molecule has 0 spiro atoms. The molecule has 0 aromatic rings. The number of ether oxygens (including phenoxy) is 1. The van der Waals surface area contributed by atoms with Crippen LogP contribution in [0.4, 0.5) is 0 Å². The number of nitrogens with zero attached hydrogens (tertiary/aromatic N) is 1. The molecule has 3 unspecified atom stereocenters. The van der Waals surface area contributed by atoms with E-state index < -0.39 is 20.0 Å². The molecule has 0 bridgehead atoms. The van der Waals surface area contributed by atoms with E-state index in [1.807, 2.05) is 33.3 Å². The standard InChI is InChI=1S/C81H159N2O7P/c1-7-10-13-16-19-22-25-28-30-32-34-36-38-40-41-43-45-47-49-51-53-56-59-62-65-68-71-74-81(85)90-79(72-69-66-63-60-57-54-27-24-21-18-15-12-9-3)78(77-89-91(86,87)88-76-75-83(4,5)6)82-80(84)73-70-67-64-61-58-55-52-50-48-46-44-42-39-37-35-33-31-29-26-23-20-17-14-11-8-2/h29,31,69,72,78-79H,7-28,30,32-68,70-71,73-77H2,1-6H3,(H-,82,84,86,87)/b31-29+,72-69+. The smallest absolute Gasteiger partial charge is 0.306 e. The summed E-state index contributed by atoms with van der Waals surface area (Å²) in [7, 11) is 1.21. The van der Waals surface area contributed by atoms with Gasteiger partial charge in [0.1, 0.15) is 19.3 Å². The first-order valence-electron chi connectivity index (χ1n) is 40.6. The Labute approximate surface area is 568 Å². The van der Waals surface area contributed by atoms with E-state index >= 15 is 0 Å². The Hall–Kier alpha value is -1.51. The van der Waals surface area contributed by atoms with Crippen molar-refractivity contribution in [3.63, 3.8) is 0 Å². The van der Waals surface area contributed by atoms with Gasteiger partial charge in [-0.2, -0.15) is 0 Å². The fourth-order valence-corrected chi connectivity index (χ4v) is 13.4. The van der Waals surface area contributed by atoms with E-state index in [1.54, 1.807) is 0 Å².